The molecular formula is C13H16N2O4. The summed E-state index contributed by atoms with van der Waals surface area (Å²) in [5, 5.41) is 16.8. The zero-order chi connectivity index (χ0) is 13.7. The fraction of sp³-hybridized carbons (Fsp3) is 0.385. The molecule has 1 aromatic heterocycles. The Morgan fingerprint density at radius 1 is 1.21 bits per heavy atom. The van der Waals surface area contributed by atoms with Crippen LogP contribution in [0.15, 0.2) is 22.6 Å². The highest BCUT2D eigenvalue weighted by molar-refractivity contribution is 5.42. The number of aryl methyl sites for hydroxylation is 1. The largest absolute Gasteiger partial charge is 0.493 e. The molecule has 0 aliphatic heterocycles. The van der Waals surface area contributed by atoms with Crippen LogP contribution in [0.4, 0.5) is 0 Å². The minimum Gasteiger partial charge on any atom is -0.493 e. The van der Waals surface area contributed by atoms with E-state index in [4.69, 9.17) is 19.0 Å². The lowest BCUT2D eigenvalue weighted by atomic mass is 10.2. The van der Waals surface area contributed by atoms with E-state index in [0.29, 0.717) is 29.7 Å². The van der Waals surface area contributed by atoms with Crippen LogP contribution in [-0.2, 0) is 19.6 Å². The lowest BCUT2D eigenvalue weighted by molar-refractivity contribution is 0.245. The summed E-state index contributed by atoms with van der Waals surface area (Å²) in [6.07, 6.45) is 0.696. The molecule has 2 aromatic rings. The summed E-state index contributed by atoms with van der Waals surface area (Å²) >= 11 is 0. The van der Waals surface area contributed by atoms with E-state index in [0.717, 1.165) is 5.56 Å². The molecule has 1 N–H and O–H groups in total. The van der Waals surface area contributed by atoms with Gasteiger partial charge in [0.1, 0.15) is 0 Å². The lowest BCUT2D eigenvalue weighted by Crippen LogP contribution is -1.99. The van der Waals surface area contributed by atoms with Gasteiger partial charge in [0, 0.05) is 6.42 Å². The number of nitrogens with zero attached hydrogens (tertiary/aromatic N) is 2. The molecule has 0 unspecified atom stereocenters. The zero-order valence-corrected chi connectivity index (χ0v) is 10.9. The van der Waals surface area contributed by atoms with E-state index in [9.17, 15) is 0 Å². The molecule has 1 aromatic carbocycles. The van der Waals surface area contributed by atoms with E-state index in [1.807, 2.05) is 6.92 Å². The Bertz CT molecular complexity index is 539. The number of aromatic nitrogens is 2. The van der Waals surface area contributed by atoms with Gasteiger partial charge in [-0.05, 0) is 17.7 Å². The van der Waals surface area contributed by atoms with Crippen LogP contribution in [-0.4, -0.2) is 22.4 Å². The molecule has 0 atom stereocenters. The fourth-order valence-corrected chi connectivity index (χ4v) is 1.56. The Kier molecular flexibility index (Phi) is 4.35. The quantitative estimate of drug-likeness (QED) is 0.855. The van der Waals surface area contributed by atoms with Crippen molar-refractivity contribution in [2.75, 3.05) is 7.11 Å². The third kappa shape index (κ3) is 3.23. The first-order chi connectivity index (χ1) is 9.26. The van der Waals surface area contributed by atoms with Gasteiger partial charge < -0.3 is 19.0 Å². The molecule has 0 aliphatic rings. The molecule has 0 amide bonds. The van der Waals surface area contributed by atoms with Crippen molar-refractivity contribution in [3.05, 3.63) is 35.5 Å². The third-order valence-electron chi connectivity index (χ3n) is 2.57. The number of aliphatic hydroxyl groups is 1. The molecule has 0 radical (unpaired) electrons. The molecule has 0 saturated heterocycles. The van der Waals surface area contributed by atoms with Gasteiger partial charge in [0.25, 0.3) is 5.89 Å². The lowest BCUT2D eigenvalue weighted by Gasteiger charge is -2.10. The maximum absolute atomic E-state index is 9.06. The number of hydrogen-bond donors (Lipinski definition) is 1. The molecule has 2 rings (SSSR count). The van der Waals surface area contributed by atoms with E-state index in [-0.39, 0.29) is 13.2 Å². The normalized spacial score (nSPS) is 10.5. The van der Waals surface area contributed by atoms with Crippen molar-refractivity contribution in [1.29, 1.82) is 0 Å². The topological polar surface area (TPSA) is 77.6 Å². The number of hydrogen-bond acceptors (Lipinski definition) is 6. The van der Waals surface area contributed by atoms with Crippen LogP contribution in [0.5, 0.6) is 11.5 Å². The Morgan fingerprint density at radius 3 is 2.63 bits per heavy atom. The molecular weight excluding hydrogens is 248 g/mol. The Labute approximate surface area is 111 Å². The Balaban J connectivity index is 2.06. The number of ether oxygens (including phenoxy) is 2. The standard InChI is InChI=1S/C13H16N2O4/c1-3-12-14-15-13(19-12)8-18-10-5-4-9(7-16)6-11(10)17-2/h4-6,16H,3,7-8H2,1-2H3. The number of rotatable bonds is 6. The highest BCUT2D eigenvalue weighted by Crippen LogP contribution is 2.28. The predicted octanol–water partition coefficient (Wildman–Crippen LogP) is 1.71. The van der Waals surface area contributed by atoms with Gasteiger partial charge in [-0.1, -0.05) is 13.0 Å². The molecule has 1 heterocycles. The molecule has 6 heteroatoms. The van der Waals surface area contributed by atoms with E-state index < -0.39 is 0 Å². The van der Waals surface area contributed by atoms with Crippen LogP contribution in [0.25, 0.3) is 0 Å². The van der Waals surface area contributed by atoms with Crippen molar-refractivity contribution >= 4 is 0 Å². The van der Waals surface area contributed by atoms with Gasteiger partial charge >= 0.3 is 0 Å². The van der Waals surface area contributed by atoms with Crippen LogP contribution < -0.4 is 9.47 Å². The van der Waals surface area contributed by atoms with Crippen LogP contribution in [0, 0.1) is 0 Å². The van der Waals surface area contributed by atoms with Crippen LogP contribution in [0.3, 0.4) is 0 Å². The molecule has 0 saturated carbocycles. The summed E-state index contributed by atoms with van der Waals surface area (Å²) in [5.41, 5.74) is 0.759. The minimum absolute atomic E-state index is 0.0415. The van der Waals surface area contributed by atoms with Crippen molar-refractivity contribution in [3.8, 4) is 11.5 Å². The van der Waals surface area contributed by atoms with Crippen LogP contribution in [0.1, 0.15) is 24.3 Å². The first-order valence-electron chi connectivity index (χ1n) is 5.98. The minimum atomic E-state index is -0.0415. The van der Waals surface area contributed by atoms with E-state index in [1.54, 1.807) is 25.3 Å². The number of methoxy groups -OCH3 is 1. The SMILES string of the molecule is CCc1nnc(COc2ccc(CO)cc2OC)o1. The van der Waals surface area contributed by atoms with E-state index in [2.05, 4.69) is 10.2 Å². The third-order valence-corrected chi connectivity index (χ3v) is 2.57. The van der Waals surface area contributed by atoms with Gasteiger partial charge in [0.15, 0.2) is 18.1 Å². The van der Waals surface area contributed by atoms with Gasteiger partial charge in [-0.25, -0.2) is 0 Å². The summed E-state index contributed by atoms with van der Waals surface area (Å²) in [7, 11) is 1.55. The first kappa shape index (κ1) is 13.4. The molecule has 19 heavy (non-hydrogen) atoms. The van der Waals surface area contributed by atoms with Crippen LogP contribution in [0.2, 0.25) is 0 Å². The maximum Gasteiger partial charge on any atom is 0.253 e. The summed E-state index contributed by atoms with van der Waals surface area (Å²) in [6.45, 7) is 2.08. The number of benzene rings is 1. The van der Waals surface area contributed by atoms with E-state index >= 15 is 0 Å². The van der Waals surface area contributed by atoms with Crippen molar-refractivity contribution in [2.45, 2.75) is 26.6 Å². The van der Waals surface area contributed by atoms with Crippen molar-refractivity contribution < 1.29 is 19.0 Å². The van der Waals surface area contributed by atoms with Gasteiger partial charge in [-0.15, -0.1) is 10.2 Å². The Morgan fingerprint density at radius 2 is 2.00 bits per heavy atom. The number of aliphatic hydroxyl groups excluding tert-OH is 1. The average molecular weight is 264 g/mol. The fourth-order valence-electron chi connectivity index (χ4n) is 1.56. The second-order valence-corrected chi connectivity index (χ2v) is 3.88. The zero-order valence-electron chi connectivity index (χ0n) is 10.9. The van der Waals surface area contributed by atoms with Crippen LogP contribution >= 0.6 is 0 Å². The first-order valence-corrected chi connectivity index (χ1v) is 5.98. The average Bonchev–Trinajstić information content (AvgIpc) is 2.92. The van der Waals surface area contributed by atoms with E-state index in [1.165, 1.54) is 0 Å². The highest BCUT2D eigenvalue weighted by atomic mass is 16.5. The second-order valence-electron chi connectivity index (χ2n) is 3.88. The van der Waals surface area contributed by atoms with Gasteiger partial charge in [0.2, 0.25) is 5.89 Å². The molecule has 0 spiro atoms. The molecule has 102 valence electrons. The summed E-state index contributed by atoms with van der Waals surface area (Å²) in [4.78, 5) is 0. The van der Waals surface area contributed by atoms with Gasteiger partial charge in [-0.2, -0.15) is 0 Å². The molecule has 0 bridgehead atoms. The predicted molar refractivity (Wildman–Crippen MR) is 66.9 cm³/mol. The van der Waals surface area contributed by atoms with Gasteiger partial charge in [-0.3, -0.25) is 0 Å². The van der Waals surface area contributed by atoms with Crippen molar-refractivity contribution in [2.24, 2.45) is 0 Å². The second kappa shape index (κ2) is 6.19. The summed E-state index contributed by atoms with van der Waals surface area (Å²) in [6, 6.07) is 5.23. The molecule has 0 aliphatic carbocycles. The van der Waals surface area contributed by atoms with Crippen molar-refractivity contribution in [3.63, 3.8) is 0 Å². The summed E-state index contributed by atoms with van der Waals surface area (Å²) in [5.74, 6) is 2.13. The Hall–Kier alpha value is -2.08. The monoisotopic (exact) mass is 264 g/mol. The smallest absolute Gasteiger partial charge is 0.253 e. The molecule has 6 nitrogen and oxygen atoms in total. The van der Waals surface area contributed by atoms with Crippen molar-refractivity contribution in [1.82, 2.24) is 10.2 Å². The summed E-state index contributed by atoms with van der Waals surface area (Å²) < 4.78 is 16.1. The highest BCUT2D eigenvalue weighted by Gasteiger charge is 2.09. The molecule has 0 fully saturated rings. The maximum atomic E-state index is 9.06. The van der Waals surface area contributed by atoms with Gasteiger partial charge in [0.05, 0.1) is 13.7 Å².